The zero-order valence-corrected chi connectivity index (χ0v) is 27.3. The lowest BCUT2D eigenvalue weighted by Gasteiger charge is -2.61. The normalized spacial score (nSPS) is 37.8. The van der Waals surface area contributed by atoms with Crippen LogP contribution in [-0.4, -0.2) is 23.5 Å². The molecule has 2 aromatic rings. The Morgan fingerprint density at radius 1 is 0.543 bits per heavy atom. The number of ketones is 2. The highest BCUT2D eigenvalue weighted by Crippen LogP contribution is 2.67. The number of hydrogen-bond acceptors (Lipinski definition) is 6. The molecule has 244 valence electrons. The maximum absolute atomic E-state index is 12.8. The lowest BCUT2D eigenvalue weighted by Crippen LogP contribution is -2.51. The first kappa shape index (κ1) is 31.3. The summed E-state index contributed by atoms with van der Waals surface area (Å²) in [5.41, 5.74) is 2.82. The van der Waals surface area contributed by atoms with Crippen LogP contribution in [0.3, 0.4) is 0 Å². The van der Waals surface area contributed by atoms with E-state index in [4.69, 9.17) is 0 Å². The minimum Gasteiger partial charge on any atom is -0.545 e. The number of carbonyl (C=O) groups is 4. The van der Waals surface area contributed by atoms with Crippen molar-refractivity contribution in [2.45, 2.75) is 104 Å². The smallest absolute Gasteiger partial charge is 0.545 e. The van der Waals surface area contributed by atoms with Gasteiger partial charge in [-0.2, -0.15) is 0 Å². The molecule has 8 aliphatic carbocycles. The van der Waals surface area contributed by atoms with Gasteiger partial charge in [0.15, 0.2) is 11.6 Å². The van der Waals surface area contributed by atoms with E-state index in [0.717, 1.165) is 23.7 Å². The number of benzene rings is 2. The van der Waals surface area contributed by atoms with Crippen LogP contribution in [0, 0.1) is 45.3 Å². The SMILES string of the molecule is CC12C[C@H]3C[C@@H](C1)CC(CC(=O)c1ccc(C(=O)[O-])cc1)(C3)C2.CC12C[C@H]3C[C@@H](C1)CC(CC(=O)c1ccc(C(=O)[O-])cc1)(C3)C2.[H+].[H+]. The quantitative estimate of drug-likeness (QED) is 0.303. The van der Waals surface area contributed by atoms with Gasteiger partial charge in [-0.3, -0.25) is 9.59 Å². The van der Waals surface area contributed by atoms with Crippen molar-refractivity contribution in [3.63, 3.8) is 0 Å². The molecule has 0 aromatic heterocycles. The third-order valence-electron chi connectivity index (χ3n) is 12.9. The second kappa shape index (κ2) is 11.2. The lowest BCUT2D eigenvalue weighted by molar-refractivity contribution is -0.256. The van der Waals surface area contributed by atoms with Crippen molar-refractivity contribution < 1.29 is 32.2 Å². The maximum atomic E-state index is 12.8. The van der Waals surface area contributed by atoms with Crippen molar-refractivity contribution in [3.8, 4) is 0 Å². The van der Waals surface area contributed by atoms with Gasteiger partial charge in [-0.05, 0) is 134 Å². The molecule has 8 fully saturated rings. The maximum Gasteiger partial charge on any atom is 1.00 e. The van der Waals surface area contributed by atoms with Gasteiger partial charge in [0.05, 0.1) is 11.9 Å². The summed E-state index contributed by atoms with van der Waals surface area (Å²) in [6.45, 7) is 4.83. The van der Waals surface area contributed by atoms with Crippen LogP contribution < -0.4 is 10.2 Å². The molecule has 2 aromatic carbocycles. The summed E-state index contributed by atoms with van der Waals surface area (Å²) >= 11 is 0. The molecule has 10 rings (SSSR count). The van der Waals surface area contributed by atoms with Crippen molar-refractivity contribution in [3.05, 3.63) is 70.8 Å². The topological polar surface area (TPSA) is 114 Å². The molecule has 4 unspecified atom stereocenters. The molecule has 0 heterocycles. The summed E-state index contributed by atoms with van der Waals surface area (Å²) in [6.07, 6.45) is 16.6. The van der Waals surface area contributed by atoms with Crippen molar-refractivity contribution in [2.75, 3.05) is 0 Å². The Bertz CT molecular complexity index is 1420. The fourth-order valence-electron chi connectivity index (χ4n) is 12.7. The lowest BCUT2D eigenvalue weighted by atomic mass is 9.44. The van der Waals surface area contributed by atoms with E-state index in [9.17, 15) is 29.4 Å². The number of carbonyl (C=O) groups excluding carboxylic acids is 4. The zero-order valence-electron chi connectivity index (χ0n) is 29.3. The van der Waals surface area contributed by atoms with Crippen LogP contribution in [-0.2, 0) is 0 Å². The Morgan fingerprint density at radius 2 is 0.826 bits per heavy atom. The van der Waals surface area contributed by atoms with E-state index in [2.05, 4.69) is 13.8 Å². The van der Waals surface area contributed by atoms with Gasteiger partial charge in [0.25, 0.3) is 0 Å². The average Bonchev–Trinajstić information content (AvgIpc) is 2.94. The first-order valence-corrected chi connectivity index (χ1v) is 17.4. The standard InChI is InChI=1S/2C20H24O3/c2*1-19-7-13-6-14(8-19)10-20(9-13,12-19)11-17(21)15-2-4-16(5-3-15)18(22)23/h2*2-5,13-14H,6-12H2,1H3,(H,22,23)/t2*13-,14+,19?,20?. The monoisotopic (exact) mass is 624 g/mol. The largest absolute Gasteiger partial charge is 1.00 e. The first-order valence-electron chi connectivity index (χ1n) is 17.4. The third-order valence-corrected chi connectivity index (χ3v) is 12.9. The zero-order chi connectivity index (χ0) is 32.5. The second-order valence-corrected chi connectivity index (χ2v) is 17.5. The highest BCUT2D eigenvalue weighted by atomic mass is 16.4. The molecule has 0 N–H and O–H groups in total. The fourth-order valence-corrected chi connectivity index (χ4v) is 12.7. The van der Waals surface area contributed by atoms with Crippen LogP contribution >= 0.6 is 0 Å². The minimum atomic E-state index is -1.20. The number of carboxylic acids is 2. The van der Waals surface area contributed by atoms with Crippen molar-refractivity contribution in [2.24, 2.45) is 45.3 Å². The van der Waals surface area contributed by atoms with Crippen LogP contribution in [0.4, 0.5) is 0 Å². The molecule has 8 saturated carbocycles. The summed E-state index contributed by atoms with van der Waals surface area (Å²) < 4.78 is 0. The van der Waals surface area contributed by atoms with Crippen LogP contribution in [0.2, 0.25) is 0 Å². The van der Waals surface area contributed by atoms with Crippen LogP contribution in [0.15, 0.2) is 48.5 Å². The molecular weight excluding hydrogens is 576 g/mol. The molecule has 0 spiro atoms. The molecule has 8 atom stereocenters. The number of rotatable bonds is 8. The van der Waals surface area contributed by atoms with Crippen LogP contribution in [0.5, 0.6) is 0 Å². The molecule has 0 saturated heterocycles. The Kier molecular flexibility index (Phi) is 7.60. The number of hydrogen-bond donors (Lipinski definition) is 0. The molecule has 8 aliphatic rings. The summed E-state index contributed by atoms with van der Waals surface area (Å²) in [5, 5.41) is 21.6. The van der Waals surface area contributed by atoms with Gasteiger partial charge < -0.3 is 19.8 Å². The van der Waals surface area contributed by atoms with Gasteiger partial charge in [0.2, 0.25) is 0 Å². The first-order chi connectivity index (χ1) is 21.7. The molecule has 46 heavy (non-hydrogen) atoms. The van der Waals surface area contributed by atoms with E-state index >= 15 is 0 Å². The summed E-state index contributed by atoms with van der Waals surface area (Å²) in [4.78, 5) is 47.1. The number of carboxylic acid groups (broad SMARTS) is 2. The summed E-state index contributed by atoms with van der Waals surface area (Å²) in [7, 11) is 0. The molecular formula is C40H48O6. The predicted molar refractivity (Wildman–Crippen MR) is 172 cm³/mol. The van der Waals surface area contributed by atoms with E-state index in [1.165, 1.54) is 101 Å². The summed E-state index contributed by atoms with van der Waals surface area (Å²) in [6, 6.07) is 12.4. The van der Waals surface area contributed by atoms with Crippen molar-refractivity contribution in [1.82, 2.24) is 0 Å². The van der Waals surface area contributed by atoms with Gasteiger partial charge in [-0.25, -0.2) is 0 Å². The second-order valence-electron chi connectivity index (χ2n) is 17.5. The molecule has 6 nitrogen and oxygen atoms in total. The molecule has 8 bridgehead atoms. The van der Waals surface area contributed by atoms with Gasteiger partial charge in [0.1, 0.15) is 0 Å². The van der Waals surface area contributed by atoms with Gasteiger partial charge in [-0.15, -0.1) is 0 Å². The Balaban J connectivity index is 0.000000180. The van der Waals surface area contributed by atoms with E-state index < -0.39 is 11.9 Å². The Morgan fingerprint density at radius 3 is 1.09 bits per heavy atom. The van der Waals surface area contributed by atoms with Gasteiger partial charge in [-0.1, -0.05) is 62.4 Å². The van der Waals surface area contributed by atoms with Crippen LogP contribution in [0.1, 0.15) is 148 Å². The predicted octanol–water partition coefficient (Wildman–Crippen LogP) is 6.68. The van der Waals surface area contributed by atoms with Gasteiger partial charge in [0, 0.05) is 24.0 Å². The van der Waals surface area contributed by atoms with Crippen molar-refractivity contribution in [1.29, 1.82) is 0 Å². The minimum absolute atomic E-state index is 0. The van der Waals surface area contributed by atoms with Crippen LogP contribution in [0.25, 0.3) is 0 Å². The highest BCUT2D eigenvalue weighted by molar-refractivity contribution is 5.98. The molecule has 0 radical (unpaired) electrons. The van der Waals surface area contributed by atoms with Crippen molar-refractivity contribution >= 4 is 23.5 Å². The van der Waals surface area contributed by atoms with Gasteiger partial charge >= 0.3 is 2.85 Å². The van der Waals surface area contributed by atoms with E-state index in [1.807, 2.05) is 0 Å². The third kappa shape index (κ3) is 6.09. The highest BCUT2D eigenvalue weighted by Gasteiger charge is 2.57. The Labute approximate surface area is 275 Å². The molecule has 6 heteroatoms. The van der Waals surface area contributed by atoms with E-state index in [0.29, 0.717) is 34.8 Å². The van der Waals surface area contributed by atoms with E-state index in [1.54, 1.807) is 24.3 Å². The Hall–Kier alpha value is -3.28. The van der Waals surface area contributed by atoms with E-state index in [-0.39, 0.29) is 36.4 Å². The fraction of sp³-hybridized carbons (Fsp3) is 0.600. The molecule has 0 amide bonds. The molecule has 0 aliphatic heterocycles. The number of aromatic carboxylic acids is 2. The summed E-state index contributed by atoms with van der Waals surface area (Å²) in [5.74, 6) is 1.20. The average molecular weight is 625 g/mol. The number of Topliss-reactive ketones (excluding diaryl/α,β-unsaturated/α-hetero) is 2.